The van der Waals surface area contributed by atoms with Gasteiger partial charge in [-0.2, -0.15) is 0 Å². The van der Waals surface area contributed by atoms with Crippen molar-refractivity contribution in [1.29, 1.82) is 0 Å². The summed E-state index contributed by atoms with van der Waals surface area (Å²) in [4.78, 5) is 15.3. The Labute approximate surface area is 168 Å². The number of pyridine rings is 1. The van der Waals surface area contributed by atoms with Crippen LogP contribution in [0.5, 0.6) is 5.75 Å². The van der Waals surface area contributed by atoms with E-state index in [4.69, 9.17) is 12.2 Å². The predicted octanol–water partition coefficient (Wildman–Crippen LogP) is 3.11. The molecule has 1 fully saturated rings. The van der Waals surface area contributed by atoms with E-state index in [9.17, 15) is 9.90 Å². The highest BCUT2D eigenvalue weighted by molar-refractivity contribution is 7.80. The lowest BCUT2D eigenvalue weighted by atomic mass is 9.97. The van der Waals surface area contributed by atoms with Gasteiger partial charge in [-0.05, 0) is 57.3 Å². The van der Waals surface area contributed by atoms with Gasteiger partial charge in [-0.25, -0.2) is 5.43 Å². The third kappa shape index (κ3) is 2.58. The lowest BCUT2D eigenvalue weighted by molar-refractivity contribution is 0.373. The third-order valence-corrected chi connectivity index (χ3v) is 5.59. The van der Waals surface area contributed by atoms with Crippen molar-refractivity contribution >= 4 is 33.9 Å². The van der Waals surface area contributed by atoms with Crippen molar-refractivity contribution < 1.29 is 5.11 Å². The number of nitrogens with zero attached hydrogens (tertiary/aromatic N) is 2. The molecule has 0 amide bonds. The van der Waals surface area contributed by atoms with Crippen molar-refractivity contribution in [2.24, 2.45) is 0 Å². The fourth-order valence-electron chi connectivity index (χ4n) is 3.88. The molecule has 1 aliphatic rings. The third-order valence-electron chi connectivity index (χ3n) is 5.30. The first kappa shape index (κ1) is 18.5. The van der Waals surface area contributed by atoms with Gasteiger partial charge in [-0.1, -0.05) is 29.8 Å². The first-order valence-electron chi connectivity index (χ1n) is 9.17. The zero-order valence-corrected chi connectivity index (χ0v) is 16.8. The molecular formula is C21H22N4O2S. The monoisotopic (exact) mass is 394 g/mol. The van der Waals surface area contributed by atoms with Crippen LogP contribution in [-0.4, -0.2) is 14.8 Å². The molecule has 3 aromatic rings. The summed E-state index contributed by atoms with van der Waals surface area (Å²) in [5.41, 5.74) is 7.67. The number of para-hydroxylation sites is 1. The Hall–Kier alpha value is -2.90. The molecule has 1 unspecified atom stereocenters. The molecule has 1 aliphatic heterocycles. The van der Waals surface area contributed by atoms with E-state index in [0.29, 0.717) is 22.6 Å². The number of benzene rings is 2. The highest BCUT2D eigenvalue weighted by Crippen LogP contribution is 2.38. The van der Waals surface area contributed by atoms with Crippen molar-refractivity contribution in [3.05, 3.63) is 70.0 Å². The Bertz CT molecular complexity index is 1140. The van der Waals surface area contributed by atoms with E-state index >= 15 is 0 Å². The number of hydrogen-bond donors (Lipinski definition) is 3. The first-order valence-corrected chi connectivity index (χ1v) is 9.58. The maximum Gasteiger partial charge on any atom is 0.261 e. The van der Waals surface area contributed by atoms with Crippen LogP contribution in [0.15, 0.2) is 53.3 Å². The van der Waals surface area contributed by atoms with Crippen molar-refractivity contribution in [2.45, 2.75) is 33.0 Å². The molecule has 4 rings (SSSR count). The SMILES string of the molecule is CCn1c(=O)c(C2(C)NNC(=S)N2c2ccc(C)cc2)c(O)c2ccccc21. The van der Waals surface area contributed by atoms with Gasteiger partial charge in [-0.15, -0.1) is 0 Å². The average Bonchev–Trinajstić information content (AvgIpc) is 2.98. The van der Waals surface area contributed by atoms with Gasteiger partial charge in [-0.3, -0.25) is 15.1 Å². The molecule has 3 N–H and O–H groups in total. The second-order valence-corrected chi connectivity index (χ2v) is 7.48. The zero-order chi connectivity index (χ0) is 20.1. The zero-order valence-electron chi connectivity index (χ0n) is 16.0. The molecule has 28 heavy (non-hydrogen) atoms. The Morgan fingerprint density at radius 1 is 1.14 bits per heavy atom. The van der Waals surface area contributed by atoms with Crippen LogP contribution in [0.25, 0.3) is 10.9 Å². The molecule has 2 aromatic carbocycles. The van der Waals surface area contributed by atoms with Crippen molar-refractivity contribution in [1.82, 2.24) is 15.4 Å². The molecular weight excluding hydrogens is 372 g/mol. The first-order chi connectivity index (χ1) is 13.4. The summed E-state index contributed by atoms with van der Waals surface area (Å²) in [6, 6.07) is 15.2. The van der Waals surface area contributed by atoms with Gasteiger partial charge in [0, 0.05) is 17.6 Å². The maximum absolute atomic E-state index is 13.4. The van der Waals surface area contributed by atoms with Crippen molar-refractivity contribution in [3.8, 4) is 5.75 Å². The molecule has 1 saturated heterocycles. The highest BCUT2D eigenvalue weighted by atomic mass is 32.1. The molecule has 7 heteroatoms. The van der Waals surface area contributed by atoms with Gasteiger partial charge in [0.15, 0.2) is 5.11 Å². The highest BCUT2D eigenvalue weighted by Gasteiger charge is 2.46. The lowest BCUT2D eigenvalue weighted by Crippen LogP contribution is -2.51. The van der Waals surface area contributed by atoms with E-state index in [1.54, 1.807) is 4.57 Å². The summed E-state index contributed by atoms with van der Waals surface area (Å²) in [6.07, 6.45) is 0. The smallest absolute Gasteiger partial charge is 0.261 e. The van der Waals surface area contributed by atoms with Crippen molar-refractivity contribution in [2.75, 3.05) is 4.90 Å². The Balaban J connectivity index is 2.01. The van der Waals surface area contributed by atoms with E-state index in [2.05, 4.69) is 10.9 Å². The van der Waals surface area contributed by atoms with Crippen LogP contribution >= 0.6 is 12.2 Å². The molecule has 0 bridgehead atoms. The number of nitrogens with one attached hydrogen (secondary N) is 2. The summed E-state index contributed by atoms with van der Waals surface area (Å²) in [7, 11) is 0. The van der Waals surface area contributed by atoms with E-state index in [1.165, 1.54) is 0 Å². The largest absolute Gasteiger partial charge is 0.507 e. The number of aryl methyl sites for hydroxylation is 2. The number of anilines is 1. The minimum absolute atomic E-state index is 0.0380. The standard InChI is InChI=1S/C21H22N4O2S/c1-4-24-16-8-6-5-7-15(16)18(26)17(19(24)27)21(3)23-22-20(28)25(21)14-11-9-13(2)10-12-14/h5-12,23,26H,4H2,1-3H3,(H,22,28). The second-order valence-electron chi connectivity index (χ2n) is 7.09. The van der Waals surface area contributed by atoms with Crippen LogP contribution in [0.1, 0.15) is 25.0 Å². The molecule has 144 valence electrons. The fourth-order valence-corrected chi connectivity index (χ4v) is 4.21. The van der Waals surface area contributed by atoms with Crippen LogP contribution in [-0.2, 0) is 12.2 Å². The Morgan fingerprint density at radius 2 is 1.82 bits per heavy atom. The summed E-state index contributed by atoms with van der Waals surface area (Å²) in [5.74, 6) is -0.0380. The number of aromatic nitrogens is 1. The number of rotatable bonds is 3. The number of hydrogen-bond acceptors (Lipinski definition) is 4. The molecule has 0 radical (unpaired) electrons. The van der Waals surface area contributed by atoms with Crippen LogP contribution in [0.3, 0.4) is 0 Å². The number of thiocarbonyl (C=S) groups is 1. The topological polar surface area (TPSA) is 69.5 Å². The van der Waals surface area contributed by atoms with Crippen LogP contribution < -0.4 is 21.3 Å². The minimum Gasteiger partial charge on any atom is -0.507 e. The van der Waals surface area contributed by atoms with Gasteiger partial charge in [0.05, 0.1) is 5.52 Å². The van der Waals surface area contributed by atoms with Gasteiger partial charge in [0.1, 0.15) is 17.0 Å². The van der Waals surface area contributed by atoms with Gasteiger partial charge >= 0.3 is 0 Å². The molecule has 0 spiro atoms. The summed E-state index contributed by atoms with van der Waals surface area (Å²) in [5, 5.41) is 12.2. The van der Waals surface area contributed by atoms with Crippen LogP contribution in [0.2, 0.25) is 0 Å². The predicted molar refractivity (Wildman–Crippen MR) is 115 cm³/mol. The Kier molecular flexibility index (Phi) is 4.36. The summed E-state index contributed by atoms with van der Waals surface area (Å²) < 4.78 is 1.67. The number of aromatic hydroxyl groups is 1. The maximum atomic E-state index is 13.4. The second kappa shape index (κ2) is 6.61. The minimum atomic E-state index is -1.06. The number of hydrazine groups is 1. The molecule has 0 aliphatic carbocycles. The molecule has 1 aromatic heterocycles. The van der Waals surface area contributed by atoms with Crippen LogP contribution in [0.4, 0.5) is 5.69 Å². The lowest BCUT2D eigenvalue weighted by Gasteiger charge is -2.35. The fraction of sp³-hybridized carbons (Fsp3) is 0.238. The van der Waals surface area contributed by atoms with E-state index in [-0.39, 0.29) is 16.9 Å². The van der Waals surface area contributed by atoms with E-state index in [0.717, 1.165) is 11.3 Å². The summed E-state index contributed by atoms with van der Waals surface area (Å²) in [6.45, 7) is 6.26. The van der Waals surface area contributed by atoms with Gasteiger partial charge in [0.2, 0.25) is 0 Å². The molecule has 0 saturated carbocycles. The van der Waals surface area contributed by atoms with Crippen molar-refractivity contribution in [3.63, 3.8) is 0 Å². The molecule has 1 atom stereocenters. The van der Waals surface area contributed by atoms with E-state index in [1.807, 2.05) is 74.2 Å². The number of fused-ring (bicyclic) bond motifs is 1. The Morgan fingerprint density at radius 3 is 2.50 bits per heavy atom. The average molecular weight is 395 g/mol. The molecule has 2 heterocycles. The van der Waals surface area contributed by atoms with Gasteiger partial charge < -0.3 is 9.67 Å². The van der Waals surface area contributed by atoms with Gasteiger partial charge in [0.25, 0.3) is 5.56 Å². The summed E-state index contributed by atoms with van der Waals surface area (Å²) >= 11 is 5.51. The normalized spacial score (nSPS) is 19.2. The van der Waals surface area contributed by atoms with Crippen LogP contribution in [0, 0.1) is 6.92 Å². The molecule has 6 nitrogen and oxygen atoms in total. The quantitative estimate of drug-likeness (QED) is 0.593. The van der Waals surface area contributed by atoms with E-state index < -0.39 is 5.66 Å².